The van der Waals surface area contributed by atoms with Crippen LogP contribution in [0.25, 0.3) is 0 Å². The van der Waals surface area contributed by atoms with Crippen LogP contribution in [0.1, 0.15) is 30.0 Å². The molecule has 0 saturated heterocycles. The summed E-state index contributed by atoms with van der Waals surface area (Å²) in [4.78, 5) is 12.3. The summed E-state index contributed by atoms with van der Waals surface area (Å²) < 4.78 is 11.3. The van der Waals surface area contributed by atoms with Gasteiger partial charge in [-0.05, 0) is 36.1 Å². The standard InChI is InChI=1S/C19H20N2O3/c22-19(21-16-8-6-13-4-1-2-5-15(13)16)20-14-7-9-17-18(12-14)24-11-3-10-23-17/h1-2,4-5,7,9,12,16H,3,6,8,10-11H2,(H2,20,21,22). The lowest BCUT2D eigenvalue weighted by molar-refractivity contribution is 0.248. The molecule has 1 aliphatic heterocycles. The van der Waals surface area contributed by atoms with E-state index in [-0.39, 0.29) is 12.1 Å². The molecule has 24 heavy (non-hydrogen) atoms. The monoisotopic (exact) mass is 324 g/mol. The molecule has 1 unspecified atom stereocenters. The number of hydrogen-bond donors (Lipinski definition) is 2. The van der Waals surface area contributed by atoms with Gasteiger partial charge in [0.2, 0.25) is 0 Å². The van der Waals surface area contributed by atoms with Crippen LogP contribution in [0, 0.1) is 0 Å². The fourth-order valence-corrected chi connectivity index (χ4v) is 3.27. The molecule has 4 rings (SSSR count). The van der Waals surface area contributed by atoms with Crippen molar-refractivity contribution in [2.75, 3.05) is 18.5 Å². The van der Waals surface area contributed by atoms with Gasteiger partial charge in [0.05, 0.1) is 19.3 Å². The van der Waals surface area contributed by atoms with Crippen molar-refractivity contribution >= 4 is 11.7 Å². The van der Waals surface area contributed by atoms with Gasteiger partial charge in [-0.1, -0.05) is 24.3 Å². The Bertz CT molecular complexity index is 760. The topological polar surface area (TPSA) is 59.6 Å². The van der Waals surface area contributed by atoms with E-state index in [0.717, 1.165) is 25.0 Å². The van der Waals surface area contributed by atoms with Crippen LogP contribution in [0.2, 0.25) is 0 Å². The second-order valence-corrected chi connectivity index (χ2v) is 6.10. The summed E-state index contributed by atoms with van der Waals surface area (Å²) >= 11 is 0. The number of fused-ring (bicyclic) bond motifs is 2. The van der Waals surface area contributed by atoms with E-state index in [1.165, 1.54) is 11.1 Å². The van der Waals surface area contributed by atoms with E-state index < -0.39 is 0 Å². The van der Waals surface area contributed by atoms with E-state index in [9.17, 15) is 4.79 Å². The minimum Gasteiger partial charge on any atom is -0.490 e. The summed E-state index contributed by atoms with van der Waals surface area (Å²) in [5, 5.41) is 5.94. The van der Waals surface area contributed by atoms with Crippen molar-refractivity contribution in [3.8, 4) is 11.5 Å². The molecule has 0 saturated carbocycles. The zero-order valence-corrected chi connectivity index (χ0v) is 13.4. The largest absolute Gasteiger partial charge is 0.490 e. The summed E-state index contributed by atoms with van der Waals surface area (Å²) in [6.45, 7) is 1.28. The summed E-state index contributed by atoms with van der Waals surface area (Å²) in [5.74, 6) is 1.40. The third kappa shape index (κ3) is 3.02. The molecule has 1 heterocycles. The van der Waals surface area contributed by atoms with E-state index in [1.807, 2.05) is 30.3 Å². The summed E-state index contributed by atoms with van der Waals surface area (Å²) in [5.41, 5.74) is 3.23. The summed E-state index contributed by atoms with van der Waals surface area (Å²) in [6, 6.07) is 13.6. The molecule has 5 nitrogen and oxygen atoms in total. The average Bonchev–Trinajstić information content (AvgIpc) is 2.84. The van der Waals surface area contributed by atoms with Crippen LogP contribution in [-0.4, -0.2) is 19.2 Å². The minimum absolute atomic E-state index is 0.0709. The van der Waals surface area contributed by atoms with Crippen LogP contribution in [0.15, 0.2) is 42.5 Å². The van der Waals surface area contributed by atoms with E-state index in [2.05, 4.69) is 22.8 Å². The third-order valence-electron chi connectivity index (χ3n) is 4.44. The molecule has 0 bridgehead atoms. The molecule has 0 radical (unpaired) electrons. The van der Waals surface area contributed by atoms with Gasteiger partial charge < -0.3 is 20.1 Å². The van der Waals surface area contributed by atoms with Crippen LogP contribution < -0.4 is 20.1 Å². The maximum absolute atomic E-state index is 12.3. The first-order chi connectivity index (χ1) is 11.8. The normalized spacial score (nSPS) is 18.4. The maximum Gasteiger partial charge on any atom is 0.319 e. The summed E-state index contributed by atoms with van der Waals surface area (Å²) in [7, 11) is 0. The molecule has 2 amide bonds. The minimum atomic E-state index is -0.203. The number of rotatable bonds is 2. The highest BCUT2D eigenvalue weighted by atomic mass is 16.5. The van der Waals surface area contributed by atoms with Gasteiger partial charge in [0.25, 0.3) is 0 Å². The van der Waals surface area contributed by atoms with E-state index in [0.29, 0.717) is 24.7 Å². The Morgan fingerprint density at radius 2 is 1.88 bits per heavy atom. The SMILES string of the molecule is O=C(Nc1ccc2c(c1)OCCCO2)NC1CCc2ccccc21. The van der Waals surface area contributed by atoms with Crippen LogP contribution in [0.4, 0.5) is 10.5 Å². The lowest BCUT2D eigenvalue weighted by atomic mass is 10.1. The number of amides is 2. The Kier molecular flexibility index (Phi) is 3.99. The highest BCUT2D eigenvalue weighted by molar-refractivity contribution is 5.90. The zero-order valence-electron chi connectivity index (χ0n) is 13.4. The molecule has 124 valence electrons. The first-order valence-electron chi connectivity index (χ1n) is 8.34. The molecular formula is C19H20N2O3. The van der Waals surface area contributed by atoms with Gasteiger partial charge in [0, 0.05) is 18.2 Å². The van der Waals surface area contributed by atoms with Crippen molar-refractivity contribution in [2.45, 2.75) is 25.3 Å². The molecule has 2 aliphatic rings. The van der Waals surface area contributed by atoms with Crippen molar-refractivity contribution < 1.29 is 14.3 Å². The molecule has 0 aromatic heterocycles. The van der Waals surface area contributed by atoms with Crippen LogP contribution in [0.3, 0.4) is 0 Å². The quantitative estimate of drug-likeness (QED) is 0.886. The first-order valence-corrected chi connectivity index (χ1v) is 8.34. The van der Waals surface area contributed by atoms with E-state index >= 15 is 0 Å². The van der Waals surface area contributed by atoms with Gasteiger partial charge in [-0.3, -0.25) is 0 Å². The van der Waals surface area contributed by atoms with Gasteiger partial charge in [0.15, 0.2) is 11.5 Å². The molecule has 1 aliphatic carbocycles. The number of hydrogen-bond acceptors (Lipinski definition) is 3. The van der Waals surface area contributed by atoms with E-state index in [4.69, 9.17) is 9.47 Å². The smallest absolute Gasteiger partial charge is 0.319 e. The molecule has 2 N–H and O–H groups in total. The molecule has 0 spiro atoms. The van der Waals surface area contributed by atoms with Crippen LogP contribution in [0.5, 0.6) is 11.5 Å². The second kappa shape index (κ2) is 6.43. The lowest BCUT2D eigenvalue weighted by Gasteiger charge is -2.15. The number of carbonyl (C=O) groups is 1. The molecular weight excluding hydrogens is 304 g/mol. The Labute approximate surface area is 141 Å². The Morgan fingerprint density at radius 1 is 1.04 bits per heavy atom. The van der Waals surface area contributed by atoms with Gasteiger partial charge in [-0.2, -0.15) is 0 Å². The molecule has 2 aromatic rings. The highest BCUT2D eigenvalue weighted by Gasteiger charge is 2.23. The number of carbonyl (C=O) groups excluding carboxylic acids is 1. The van der Waals surface area contributed by atoms with Gasteiger partial charge in [0.1, 0.15) is 0 Å². The molecule has 2 aromatic carbocycles. The lowest BCUT2D eigenvalue weighted by Crippen LogP contribution is -2.31. The Balaban J connectivity index is 1.43. The number of urea groups is 1. The van der Waals surface area contributed by atoms with Crippen LogP contribution >= 0.6 is 0 Å². The van der Waals surface area contributed by atoms with Gasteiger partial charge in [-0.15, -0.1) is 0 Å². The Hall–Kier alpha value is -2.69. The predicted octanol–water partition coefficient (Wildman–Crippen LogP) is 3.66. The molecule has 0 fully saturated rings. The van der Waals surface area contributed by atoms with Crippen molar-refractivity contribution in [1.29, 1.82) is 0 Å². The maximum atomic E-state index is 12.3. The first kappa shape index (κ1) is 14.9. The summed E-state index contributed by atoms with van der Waals surface area (Å²) in [6.07, 6.45) is 2.80. The molecule has 5 heteroatoms. The predicted molar refractivity (Wildman–Crippen MR) is 91.7 cm³/mol. The number of anilines is 1. The van der Waals surface area contributed by atoms with Crippen LogP contribution in [-0.2, 0) is 6.42 Å². The zero-order chi connectivity index (χ0) is 16.4. The Morgan fingerprint density at radius 3 is 2.79 bits per heavy atom. The number of aryl methyl sites for hydroxylation is 1. The highest BCUT2D eigenvalue weighted by Crippen LogP contribution is 2.33. The number of nitrogens with one attached hydrogen (secondary N) is 2. The van der Waals surface area contributed by atoms with Crippen molar-refractivity contribution in [2.24, 2.45) is 0 Å². The fourth-order valence-electron chi connectivity index (χ4n) is 3.27. The van der Waals surface area contributed by atoms with Crippen molar-refractivity contribution in [1.82, 2.24) is 5.32 Å². The molecule has 1 atom stereocenters. The fraction of sp³-hybridized carbons (Fsp3) is 0.316. The second-order valence-electron chi connectivity index (χ2n) is 6.10. The van der Waals surface area contributed by atoms with E-state index in [1.54, 1.807) is 0 Å². The van der Waals surface area contributed by atoms with Gasteiger partial charge >= 0.3 is 6.03 Å². The number of ether oxygens (including phenoxy) is 2. The number of benzene rings is 2. The third-order valence-corrected chi connectivity index (χ3v) is 4.44. The van der Waals surface area contributed by atoms with Crippen molar-refractivity contribution in [3.63, 3.8) is 0 Å². The van der Waals surface area contributed by atoms with Crippen molar-refractivity contribution in [3.05, 3.63) is 53.6 Å². The van der Waals surface area contributed by atoms with Gasteiger partial charge in [-0.25, -0.2) is 4.79 Å². The average molecular weight is 324 g/mol.